The number of hydrogen-bond donors (Lipinski definition) is 1. The van der Waals surface area contributed by atoms with Crippen molar-refractivity contribution in [3.63, 3.8) is 0 Å². The second-order valence-corrected chi connectivity index (χ2v) is 3.75. The summed E-state index contributed by atoms with van der Waals surface area (Å²) in [5.74, 6) is 1.34. The van der Waals surface area contributed by atoms with Gasteiger partial charge in [-0.1, -0.05) is 12.1 Å². The van der Waals surface area contributed by atoms with Gasteiger partial charge in [0.25, 0.3) is 0 Å². The highest BCUT2D eigenvalue weighted by Gasteiger charge is 2.22. The van der Waals surface area contributed by atoms with E-state index in [1.165, 1.54) is 6.42 Å². The Balaban J connectivity index is 1.86. The fraction of sp³-hybridized carbons (Fsp3) is 0.800. The molecule has 15 heavy (non-hydrogen) atoms. The van der Waals surface area contributed by atoms with Crippen LogP contribution >= 0.6 is 0 Å². The molecule has 0 amide bonds. The Hall–Kier alpha value is -0.940. The van der Waals surface area contributed by atoms with Crippen LogP contribution in [0.25, 0.3) is 0 Å². The van der Waals surface area contributed by atoms with E-state index in [2.05, 4.69) is 22.4 Å². The summed E-state index contributed by atoms with van der Waals surface area (Å²) in [7, 11) is 0. The molecular formula is C10H17N3O2. The third kappa shape index (κ3) is 2.76. The van der Waals surface area contributed by atoms with Crippen LogP contribution in [-0.4, -0.2) is 23.3 Å². The Morgan fingerprint density at radius 1 is 1.60 bits per heavy atom. The van der Waals surface area contributed by atoms with Crippen molar-refractivity contribution >= 4 is 0 Å². The van der Waals surface area contributed by atoms with Crippen LogP contribution < -0.4 is 5.32 Å². The fourth-order valence-electron chi connectivity index (χ4n) is 1.67. The van der Waals surface area contributed by atoms with E-state index in [9.17, 15) is 0 Å². The molecule has 1 aromatic heterocycles. The number of aromatic nitrogens is 2. The molecule has 1 aromatic rings. The normalized spacial score (nSPS) is 21.0. The minimum atomic E-state index is 0.248. The zero-order chi connectivity index (χ0) is 10.5. The predicted molar refractivity (Wildman–Crippen MR) is 54.2 cm³/mol. The van der Waals surface area contributed by atoms with Gasteiger partial charge in [0, 0.05) is 6.61 Å². The first kappa shape index (κ1) is 10.6. The Kier molecular flexibility index (Phi) is 3.69. The third-order valence-corrected chi connectivity index (χ3v) is 2.42. The quantitative estimate of drug-likeness (QED) is 0.746. The molecule has 5 nitrogen and oxygen atoms in total. The molecule has 1 aliphatic heterocycles. The van der Waals surface area contributed by atoms with Gasteiger partial charge in [0.15, 0.2) is 5.82 Å². The highest BCUT2D eigenvalue weighted by Crippen LogP contribution is 2.21. The van der Waals surface area contributed by atoms with Crippen LogP contribution in [0.4, 0.5) is 0 Å². The van der Waals surface area contributed by atoms with Gasteiger partial charge in [-0.05, 0) is 25.8 Å². The molecule has 0 saturated carbocycles. The van der Waals surface area contributed by atoms with Crippen LogP contribution in [0.3, 0.4) is 0 Å². The maximum Gasteiger partial charge on any atom is 0.243 e. The first-order valence-corrected chi connectivity index (χ1v) is 5.53. The summed E-state index contributed by atoms with van der Waals surface area (Å²) in [6.45, 7) is 4.30. The van der Waals surface area contributed by atoms with Crippen molar-refractivity contribution in [2.45, 2.75) is 38.8 Å². The van der Waals surface area contributed by atoms with Crippen molar-refractivity contribution in [3.8, 4) is 0 Å². The first-order valence-electron chi connectivity index (χ1n) is 5.53. The standard InChI is InChI=1S/C10H17N3O2/c1-2-6-14-7-9-12-10(15-13-9)8-4-3-5-11-8/h8,11H,2-7H2,1H3/t8-/m0/s1. The summed E-state index contributed by atoms with van der Waals surface area (Å²) in [5.41, 5.74) is 0. The van der Waals surface area contributed by atoms with Crippen LogP contribution in [0.15, 0.2) is 4.52 Å². The minimum Gasteiger partial charge on any atom is -0.373 e. The van der Waals surface area contributed by atoms with Gasteiger partial charge < -0.3 is 14.6 Å². The van der Waals surface area contributed by atoms with Gasteiger partial charge in [0.05, 0.1) is 6.04 Å². The maximum absolute atomic E-state index is 5.34. The number of rotatable bonds is 5. The van der Waals surface area contributed by atoms with E-state index in [0.29, 0.717) is 18.3 Å². The lowest BCUT2D eigenvalue weighted by Crippen LogP contribution is -2.13. The van der Waals surface area contributed by atoms with E-state index in [1.54, 1.807) is 0 Å². The predicted octanol–water partition coefficient (Wildman–Crippen LogP) is 1.42. The van der Waals surface area contributed by atoms with E-state index in [1.807, 2.05) is 0 Å². The molecule has 0 aromatic carbocycles. The molecule has 2 heterocycles. The van der Waals surface area contributed by atoms with Gasteiger partial charge in [-0.25, -0.2) is 0 Å². The zero-order valence-corrected chi connectivity index (χ0v) is 9.03. The highest BCUT2D eigenvalue weighted by molar-refractivity contribution is 4.94. The van der Waals surface area contributed by atoms with E-state index in [4.69, 9.17) is 9.26 Å². The maximum atomic E-state index is 5.34. The van der Waals surface area contributed by atoms with Crippen LogP contribution in [0, 0.1) is 0 Å². The average molecular weight is 211 g/mol. The van der Waals surface area contributed by atoms with E-state index in [0.717, 1.165) is 26.0 Å². The first-order chi connectivity index (χ1) is 7.40. The van der Waals surface area contributed by atoms with Gasteiger partial charge in [-0.15, -0.1) is 0 Å². The molecule has 1 atom stereocenters. The van der Waals surface area contributed by atoms with Gasteiger partial charge in [-0.3, -0.25) is 0 Å². The largest absolute Gasteiger partial charge is 0.373 e. The number of nitrogens with zero attached hydrogens (tertiary/aromatic N) is 2. The molecule has 0 radical (unpaired) electrons. The summed E-state index contributed by atoms with van der Waals surface area (Å²) >= 11 is 0. The van der Waals surface area contributed by atoms with Crippen LogP contribution in [-0.2, 0) is 11.3 Å². The minimum absolute atomic E-state index is 0.248. The molecule has 5 heteroatoms. The second kappa shape index (κ2) is 5.23. The Morgan fingerprint density at radius 2 is 2.53 bits per heavy atom. The molecule has 1 N–H and O–H groups in total. The van der Waals surface area contributed by atoms with E-state index in [-0.39, 0.29) is 6.04 Å². The van der Waals surface area contributed by atoms with Crippen molar-refractivity contribution in [1.82, 2.24) is 15.5 Å². The molecule has 0 bridgehead atoms. The number of nitrogens with one attached hydrogen (secondary N) is 1. The molecule has 1 saturated heterocycles. The smallest absolute Gasteiger partial charge is 0.243 e. The number of ether oxygens (including phenoxy) is 1. The summed E-state index contributed by atoms with van der Waals surface area (Å²) in [6.07, 6.45) is 3.26. The van der Waals surface area contributed by atoms with Gasteiger partial charge in [0.2, 0.25) is 5.89 Å². The molecule has 1 fully saturated rings. The SMILES string of the molecule is CCCOCc1noc([C@@H]2CCCN2)n1. The van der Waals surface area contributed by atoms with Gasteiger partial charge in [0.1, 0.15) is 6.61 Å². The van der Waals surface area contributed by atoms with Crippen molar-refractivity contribution in [3.05, 3.63) is 11.7 Å². The van der Waals surface area contributed by atoms with E-state index < -0.39 is 0 Å². The Morgan fingerprint density at radius 3 is 3.27 bits per heavy atom. The summed E-state index contributed by atoms with van der Waals surface area (Å²) < 4.78 is 10.5. The average Bonchev–Trinajstić information content (AvgIpc) is 2.87. The van der Waals surface area contributed by atoms with Crippen LogP contribution in [0.5, 0.6) is 0 Å². The second-order valence-electron chi connectivity index (χ2n) is 3.75. The summed E-state index contributed by atoms with van der Waals surface area (Å²) in [5, 5.41) is 7.20. The zero-order valence-electron chi connectivity index (χ0n) is 9.03. The number of hydrogen-bond acceptors (Lipinski definition) is 5. The lowest BCUT2D eigenvalue weighted by Gasteiger charge is -2.01. The van der Waals surface area contributed by atoms with Crippen LogP contribution in [0.2, 0.25) is 0 Å². The Bertz CT molecular complexity index is 295. The molecule has 2 rings (SSSR count). The lowest BCUT2D eigenvalue weighted by molar-refractivity contribution is 0.114. The van der Waals surface area contributed by atoms with Crippen molar-refractivity contribution in [1.29, 1.82) is 0 Å². The molecule has 0 aliphatic carbocycles. The molecular weight excluding hydrogens is 194 g/mol. The van der Waals surface area contributed by atoms with E-state index >= 15 is 0 Å². The Labute approximate surface area is 89.2 Å². The van der Waals surface area contributed by atoms with Crippen LogP contribution in [0.1, 0.15) is 43.9 Å². The molecule has 0 spiro atoms. The monoisotopic (exact) mass is 211 g/mol. The third-order valence-electron chi connectivity index (χ3n) is 2.42. The van der Waals surface area contributed by atoms with Crippen molar-refractivity contribution in [2.75, 3.05) is 13.2 Å². The molecule has 1 aliphatic rings. The summed E-state index contributed by atoms with van der Waals surface area (Å²) in [6, 6.07) is 0.248. The van der Waals surface area contributed by atoms with Gasteiger partial charge >= 0.3 is 0 Å². The van der Waals surface area contributed by atoms with Crippen molar-refractivity contribution in [2.24, 2.45) is 0 Å². The fourth-order valence-corrected chi connectivity index (χ4v) is 1.67. The van der Waals surface area contributed by atoms with Gasteiger partial charge in [-0.2, -0.15) is 4.98 Å². The summed E-state index contributed by atoms with van der Waals surface area (Å²) in [4.78, 5) is 4.30. The molecule has 84 valence electrons. The lowest BCUT2D eigenvalue weighted by atomic mass is 10.2. The highest BCUT2D eigenvalue weighted by atomic mass is 16.5. The van der Waals surface area contributed by atoms with Crippen molar-refractivity contribution < 1.29 is 9.26 Å². The molecule has 0 unspecified atom stereocenters. The topological polar surface area (TPSA) is 60.2 Å².